The van der Waals surface area contributed by atoms with E-state index in [9.17, 15) is 4.79 Å². The van der Waals surface area contributed by atoms with Gasteiger partial charge < -0.3 is 5.32 Å². The Morgan fingerprint density at radius 2 is 1.55 bits per heavy atom. The molecule has 0 fully saturated rings. The molecule has 0 bridgehead atoms. The predicted octanol–water partition coefficient (Wildman–Crippen LogP) is 5.97. The van der Waals surface area contributed by atoms with Crippen molar-refractivity contribution in [1.82, 2.24) is 20.3 Å². The van der Waals surface area contributed by atoms with Crippen LogP contribution < -0.4 is 5.32 Å². The highest BCUT2D eigenvalue weighted by molar-refractivity contribution is 7.13. The highest BCUT2D eigenvalue weighted by atomic mass is 32.1. The monoisotopic (exact) mass is 450 g/mol. The zero-order valence-electron chi connectivity index (χ0n) is 18.4. The third-order valence-electron chi connectivity index (χ3n) is 5.57. The van der Waals surface area contributed by atoms with Gasteiger partial charge in [-0.25, -0.2) is 15.0 Å². The number of fused-ring (bicyclic) bond motifs is 1. The molecule has 2 aromatic heterocycles. The van der Waals surface area contributed by atoms with Crippen LogP contribution in [0.25, 0.3) is 32.9 Å². The van der Waals surface area contributed by atoms with Crippen molar-refractivity contribution >= 4 is 28.3 Å². The third-order valence-corrected chi connectivity index (χ3v) is 6.46. The molecule has 0 aliphatic carbocycles. The standard InChI is InChI=1S/C27H22N4OS/c1-17-18(2)30-24-14-22(12-13-23(24)29-17)26(32)28-15-19-8-10-21(11-9-19)27-31-25(16-33-27)20-6-4-3-5-7-20/h3-14,16H,15H2,1-2H3,(H,28,32). The topological polar surface area (TPSA) is 67.8 Å². The Bertz CT molecular complexity index is 1440. The minimum absolute atomic E-state index is 0.131. The van der Waals surface area contributed by atoms with Gasteiger partial charge in [0.05, 0.1) is 28.1 Å². The zero-order chi connectivity index (χ0) is 22.8. The van der Waals surface area contributed by atoms with Crippen LogP contribution in [0, 0.1) is 13.8 Å². The van der Waals surface area contributed by atoms with Crippen molar-refractivity contribution in [2.45, 2.75) is 20.4 Å². The fourth-order valence-electron chi connectivity index (χ4n) is 3.57. The Balaban J connectivity index is 1.25. The van der Waals surface area contributed by atoms with E-state index in [2.05, 4.69) is 32.8 Å². The number of nitrogens with zero attached hydrogens (tertiary/aromatic N) is 3. The lowest BCUT2D eigenvalue weighted by molar-refractivity contribution is 0.0951. The van der Waals surface area contributed by atoms with Crippen LogP contribution in [0.3, 0.4) is 0 Å². The predicted molar refractivity (Wildman–Crippen MR) is 133 cm³/mol. The quantitative estimate of drug-likeness (QED) is 0.358. The lowest BCUT2D eigenvalue weighted by atomic mass is 10.1. The normalized spacial score (nSPS) is 11.0. The maximum absolute atomic E-state index is 12.7. The van der Waals surface area contributed by atoms with E-state index in [1.54, 1.807) is 23.5 Å². The molecule has 33 heavy (non-hydrogen) atoms. The molecule has 3 aromatic carbocycles. The summed E-state index contributed by atoms with van der Waals surface area (Å²) in [5.74, 6) is -0.131. The average Bonchev–Trinajstić information content (AvgIpc) is 3.34. The molecule has 0 atom stereocenters. The Kier molecular flexibility index (Phi) is 5.67. The highest BCUT2D eigenvalue weighted by Gasteiger charge is 2.10. The fraction of sp³-hybridized carbons (Fsp3) is 0.111. The molecular formula is C27H22N4OS. The molecule has 162 valence electrons. The molecule has 5 rings (SSSR count). The summed E-state index contributed by atoms with van der Waals surface area (Å²) in [6.45, 7) is 4.31. The zero-order valence-corrected chi connectivity index (χ0v) is 19.2. The molecule has 0 aliphatic heterocycles. The van der Waals surface area contributed by atoms with Crippen LogP contribution in [0.5, 0.6) is 0 Å². The molecule has 0 saturated heterocycles. The minimum atomic E-state index is -0.131. The average molecular weight is 451 g/mol. The highest BCUT2D eigenvalue weighted by Crippen LogP contribution is 2.29. The van der Waals surface area contributed by atoms with Gasteiger partial charge in [0.25, 0.3) is 5.91 Å². The smallest absolute Gasteiger partial charge is 0.251 e. The van der Waals surface area contributed by atoms with Crippen molar-refractivity contribution in [3.8, 4) is 21.8 Å². The van der Waals surface area contributed by atoms with E-state index < -0.39 is 0 Å². The van der Waals surface area contributed by atoms with Crippen LogP contribution >= 0.6 is 11.3 Å². The van der Waals surface area contributed by atoms with E-state index in [1.165, 1.54) is 0 Å². The summed E-state index contributed by atoms with van der Waals surface area (Å²) in [4.78, 5) is 26.5. The SMILES string of the molecule is Cc1nc2ccc(C(=O)NCc3ccc(-c4nc(-c5ccccc5)cs4)cc3)cc2nc1C. The molecule has 6 heteroatoms. The number of amides is 1. The number of carbonyl (C=O) groups is 1. The molecule has 0 spiro atoms. The van der Waals surface area contributed by atoms with E-state index in [0.717, 1.165) is 49.8 Å². The molecule has 0 saturated carbocycles. The first kappa shape index (κ1) is 21.0. The number of carbonyl (C=O) groups excluding carboxylic acids is 1. The van der Waals surface area contributed by atoms with Crippen molar-refractivity contribution < 1.29 is 4.79 Å². The molecule has 0 unspecified atom stereocenters. The lowest BCUT2D eigenvalue weighted by Gasteiger charge is -2.08. The van der Waals surface area contributed by atoms with Gasteiger partial charge in [0.15, 0.2) is 0 Å². The Labute approximate surface area is 196 Å². The first-order chi connectivity index (χ1) is 16.1. The lowest BCUT2D eigenvalue weighted by Crippen LogP contribution is -2.22. The second-order valence-corrected chi connectivity index (χ2v) is 8.74. The molecular weight excluding hydrogens is 428 g/mol. The molecule has 5 nitrogen and oxygen atoms in total. The number of aryl methyl sites for hydroxylation is 2. The van der Waals surface area contributed by atoms with Crippen LogP contribution in [0.2, 0.25) is 0 Å². The molecule has 5 aromatic rings. The molecule has 1 amide bonds. The van der Waals surface area contributed by atoms with Crippen molar-refractivity contribution in [2.24, 2.45) is 0 Å². The first-order valence-corrected chi connectivity index (χ1v) is 11.6. The van der Waals surface area contributed by atoms with E-state index >= 15 is 0 Å². The Hall–Kier alpha value is -3.90. The number of nitrogens with one attached hydrogen (secondary N) is 1. The largest absolute Gasteiger partial charge is 0.348 e. The van der Waals surface area contributed by atoms with Gasteiger partial charge in [0, 0.05) is 28.6 Å². The number of aromatic nitrogens is 3. The van der Waals surface area contributed by atoms with Crippen LogP contribution in [0.1, 0.15) is 27.3 Å². The van der Waals surface area contributed by atoms with Crippen LogP contribution in [0.4, 0.5) is 0 Å². The molecule has 0 aliphatic rings. The van der Waals surface area contributed by atoms with E-state index in [0.29, 0.717) is 12.1 Å². The van der Waals surface area contributed by atoms with Crippen LogP contribution in [0.15, 0.2) is 78.2 Å². The molecule has 0 radical (unpaired) electrons. The maximum Gasteiger partial charge on any atom is 0.251 e. The van der Waals surface area contributed by atoms with Gasteiger partial charge in [0.1, 0.15) is 5.01 Å². The van der Waals surface area contributed by atoms with Gasteiger partial charge >= 0.3 is 0 Å². The number of benzene rings is 3. The number of thiazole rings is 1. The number of hydrogen-bond donors (Lipinski definition) is 1. The van der Waals surface area contributed by atoms with Gasteiger partial charge in [-0.05, 0) is 37.6 Å². The second-order valence-electron chi connectivity index (χ2n) is 7.88. The summed E-state index contributed by atoms with van der Waals surface area (Å²) in [6.07, 6.45) is 0. The van der Waals surface area contributed by atoms with Crippen LogP contribution in [-0.4, -0.2) is 20.9 Å². The third kappa shape index (κ3) is 4.52. The summed E-state index contributed by atoms with van der Waals surface area (Å²) in [6, 6.07) is 23.7. The van der Waals surface area contributed by atoms with E-state index in [-0.39, 0.29) is 5.91 Å². The number of hydrogen-bond acceptors (Lipinski definition) is 5. The van der Waals surface area contributed by atoms with Crippen molar-refractivity contribution in [1.29, 1.82) is 0 Å². The van der Waals surface area contributed by atoms with Gasteiger partial charge in [0.2, 0.25) is 0 Å². The minimum Gasteiger partial charge on any atom is -0.348 e. The van der Waals surface area contributed by atoms with E-state index in [4.69, 9.17) is 4.98 Å². The summed E-state index contributed by atoms with van der Waals surface area (Å²) in [5.41, 5.74) is 8.06. The second kappa shape index (κ2) is 8.92. The van der Waals surface area contributed by atoms with Gasteiger partial charge in [-0.3, -0.25) is 4.79 Å². The fourth-order valence-corrected chi connectivity index (χ4v) is 4.40. The summed E-state index contributed by atoms with van der Waals surface area (Å²) in [5, 5.41) is 6.05. The van der Waals surface area contributed by atoms with Gasteiger partial charge in [-0.2, -0.15) is 0 Å². The van der Waals surface area contributed by atoms with Crippen LogP contribution in [-0.2, 0) is 6.54 Å². The van der Waals surface area contributed by atoms with Gasteiger partial charge in [-0.15, -0.1) is 11.3 Å². The Morgan fingerprint density at radius 3 is 2.30 bits per heavy atom. The molecule has 2 heterocycles. The summed E-state index contributed by atoms with van der Waals surface area (Å²) in [7, 11) is 0. The molecule has 1 N–H and O–H groups in total. The van der Waals surface area contributed by atoms with Crippen molar-refractivity contribution in [3.63, 3.8) is 0 Å². The summed E-state index contributed by atoms with van der Waals surface area (Å²) < 4.78 is 0. The maximum atomic E-state index is 12.7. The first-order valence-electron chi connectivity index (χ1n) is 10.7. The summed E-state index contributed by atoms with van der Waals surface area (Å²) >= 11 is 1.63. The Morgan fingerprint density at radius 1 is 0.818 bits per heavy atom. The van der Waals surface area contributed by atoms with Crippen molar-refractivity contribution in [2.75, 3.05) is 0 Å². The number of rotatable bonds is 5. The van der Waals surface area contributed by atoms with Gasteiger partial charge in [-0.1, -0.05) is 54.6 Å². The van der Waals surface area contributed by atoms with E-state index in [1.807, 2.05) is 62.4 Å². The van der Waals surface area contributed by atoms with Crippen molar-refractivity contribution in [3.05, 3.63) is 101 Å².